The highest BCUT2D eigenvalue weighted by Gasteiger charge is 2.14. The fourth-order valence-corrected chi connectivity index (χ4v) is 3.36. The van der Waals surface area contributed by atoms with E-state index in [0.29, 0.717) is 11.3 Å². The van der Waals surface area contributed by atoms with Crippen molar-refractivity contribution in [3.8, 4) is 22.7 Å². The molecule has 0 aliphatic carbocycles. The van der Waals surface area contributed by atoms with Crippen molar-refractivity contribution in [2.75, 3.05) is 7.11 Å². The number of nitrogens with one attached hydrogen (secondary N) is 1. The standard InChI is InChI=1S/C25H21F2N3O2/c1-32-23-12-7-17(13-22(23)27)14-24(31)28-15-19-16-30(21-5-3-2-4-6-21)29-25(19)18-8-10-20(26)11-9-18/h2-13,16H,14-15H2,1H3,(H,28,31). The van der Waals surface area contributed by atoms with E-state index in [2.05, 4.69) is 10.4 Å². The molecule has 4 rings (SSSR count). The van der Waals surface area contributed by atoms with Gasteiger partial charge in [0.1, 0.15) is 5.82 Å². The normalized spacial score (nSPS) is 10.7. The Bertz CT molecular complexity index is 1220. The smallest absolute Gasteiger partial charge is 0.224 e. The predicted molar refractivity (Wildman–Crippen MR) is 117 cm³/mol. The van der Waals surface area contributed by atoms with E-state index in [1.54, 1.807) is 22.9 Å². The molecule has 0 atom stereocenters. The number of carbonyl (C=O) groups is 1. The van der Waals surface area contributed by atoms with E-state index in [4.69, 9.17) is 4.74 Å². The predicted octanol–water partition coefficient (Wildman–Crippen LogP) is 4.69. The van der Waals surface area contributed by atoms with Crippen LogP contribution in [0.25, 0.3) is 16.9 Å². The largest absolute Gasteiger partial charge is 0.494 e. The van der Waals surface area contributed by atoms with Crippen LogP contribution in [0.4, 0.5) is 8.78 Å². The summed E-state index contributed by atoms with van der Waals surface area (Å²) < 4.78 is 33.9. The number of nitrogens with zero attached hydrogens (tertiary/aromatic N) is 2. The van der Waals surface area contributed by atoms with Gasteiger partial charge in [-0.2, -0.15) is 5.10 Å². The summed E-state index contributed by atoms with van der Waals surface area (Å²) in [6.45, 7) is 0.219. The summed E-state index contributed by atoms with van der Waals surface area (Å²) in [4.78, 5) is 12.5. The molecule has 0 unspecified atom stereocenters. The molecule has 1 aromatic heterocycles. The van der Waals surface area contributed by atoms with Crippen LogP contribution in [0.5, 0.6) is 5.75 Å². The second-order valence-electron chi connectivity index (χ2n) is 7.21. The van der Waals surface area contributed by atoms with Crippen molar-refractivity contribution in [1.82, 2.24) is 15.1 Å². The highest BCUT2D eigenvalue weighted by atomic mass is 19.1. The van der Waals surface area contributed by atoms with E-state index in [-0.39, 0.29) is 30.4 Å². The van der Waals surface area contributed by atoms with Crippen LogP contribution in [0, 0.1) is 11.6 Å². The van der Waals surface area contributed by atoms with Crippen molar-refractivity contribution in [3.05, 3.63) is 102 Å². The lowest BCUT2D eigenvalue weighted by molar-refractivity contribution is -0.120. The average Bonchev–Trinajstić information content (AvgIpc) is 3.23. The van der Waals surface area contributed by atoms with Crippen LogP contribution in [-0.2, 0) is 17.8 Å². The van der Waals surface area contributed by atoms with Crippen LogP contribution in [0.2, 0.25) is 0 Å². The Morgan fingerprint density at radius 1 is 1.03 bits per heavy atom. The van der Waals surface area contributed by atoms with Crippen LogP contribution in [-0.4, -0.2) is 22.8 Å². The van der Waals surface area contributed by atoms with Gasteiger partial charge >= 0.3 is 0 Å². The number of rotatable bonds is 7. The lowest BCUT2D eigenvalue weighted by atomic mass is 10.1. The molecule has 1 N–H and O–H groups in total. The zero-order chi connectivity index (χ0) is 22.5. The molecule has 0 saturated heterocycles. The van der Waals surface area contributed by atoms with E-state index in [1.807, 2.05) is 36.5 Å². The van der Waals surface area contributed by atoms with Gasteiger partial charge in [0.2, 0.25) is 5.91 Å². The van der Waals surface area contributed by atoms with Gasteiger partial charge in [0, 0.05) is 23.9 Å². The lowest BCUT2D eigenvalue weighted by Crippen LogP contribution is -2.24. The third kappa shape index (κ3) is 4.83. The minimum Gasteiger partial charge on any atom is -0.494 e. The third-order valence-corrected chi connectivity index (χ3v) is 4.99. The first-order valence-electron chi connectivity index (χ1n) is 10.0. The number of carbonyl (C=O) groups excluding carboxylic acids is 1. The molecular weight excluding hydrogens is 412 g/mol. The van der Waals surface area contributed by atoms with Gasteiger partial charge in [0.25, 0.3) is 0 Å². The van der Waals surface area contributed by atoms with Gasteiger partial charge in [-0.15, -0.1) is 0 Å². The molecule has 1 amide bonds. The Morgan fingerprint density at radius 2 is 1.78 bits per heavy atom. The van der Waals surface area contributed by atoms with Crippen molar-refractivity contribution in [2.45, 2.75) is 13.0 Å². The van der Waals surface area contributed by atoms with Crippen molar-refractivity contribution in [3.63, 3.8) is 0 Å². The van der Waals surface area contributed by atoms with Gasteiger partial charge in [-0.25, -0.2) is 13.5 Å². The zero-order valence-corrected chi connectivity index (χ0v) is 17.4. The van der Waals surface area contributed by atoms with Gasteiger partial charge in [-0.1, -0.05) is 24.3 Å². The maximum absolute atomic E-state index is 13.9. The lowest BCUT2D eigenvalue weighted by Gasteiger charge is -2.07. The molecular formula is C25H21F2N3O2. The molecule has 4 aromatic rings. The molecule has 7 heteroatoms. The number of ether oxygens (including phenoxy) is 1. The van der Waals surface area contributed by atoms with Crippen molar-refractivity contribution >= 4 is 5.91 Å². The van der Waals surface area contributed by atoms with Gasteiger partial charge in [-0.3, -0.25) is 4.79 Å². The fourth-order valence-electron chi connectivity index (χ4n) is 3.36. The average molecular weight is 433 g/mol. The summed E-state index contributed by atoms with van der Waals surface area (Å²) in [6, 6.07) is 20.0. The quantitative estimate of drug-likeness (QED) is 0.460. The van der Waals surface area contributed by atoms with Crippen LogP contribution in [0.1, 0.15) is 11.1 Å². The zero-order valence-electron chi connectivity index (χ0n) is 17.4. The van der Waals surface area contributed by atoms with Crippen molar-refractivity contribution in [2.24, 2.45) is 0 Å². The molecule has 0 aliphatic heterocycles. The Hall–Kier alpha value is -4.00. The van der Waals surface area contributed by atoms with Crippen LogP contribution < -0.4 is 10.1 Å². The first-order valence-corrected chi connectivity index (χ1v) is 10.0. The molecule has 162 valence electrons. The Kier molecular flexibility index (Phi) is 6.26. The van der Waals surface area contributed by atoms with Crippen LogP contribution in [0.3, 0.4) is 0 Å². The summed E-state index contributed by atoms with van der Waals surface area (Å²) in [7, 11) is 1.39. The van der Waals surface area contributed by atoms with Gasteiger partial charge in [0.05, 0.1) is 24.9 Å². The third-order valence-electron chi connectivity index (χ3n) is 4.99. The molecule has 32 heavy (non-hydrogen) atoms. The summed E-state index contributed by atoms with van der Waals surface area (Å²) >= 11 is 0. The molecule has 5 nitrogen and oxygen atoms in total. The fraction of sp³-hybridized carbons (Fsp3) is 0.120. The number of halogens is 2. The Morgan fingerprint density at radius 3 is 2.47 bits per heavy atom. The van der Waals surface area contributed by atoms with Gasteiger partial charge < -0.3 is 10.1 Å². The highest BCUT2D eigenvalue weighted by Crippen LogP contribution is 2.24. The number of aromatic nitrogens is 2. The first-order chi connectivity index (χ1) is 15.5. The van der Waals surface area contributed by atoms with E-state index < -0.39 is 5.82 Å². The number of benzene rings is 3. The number of para-hydroxylation sites is 1. The molecule has 0 saturated carbocycles. The Balaban J connectivity index is 1.54. The maximum atomic E-state index is 13.9. The monoisotopic (exact) mass is 433 g/mol. The van der Waals surface area contributed by atoms with Crippen molar-refractivity contribution in [1.29, 1.82) is 0 Å². The number of amides is 1. The topological polar surface area (TPSA) is 56.1 Å². The number of hydrogen-bond donors (Lipinski definition) is 1. The molecule has 0 aliphatic rings. The first kappa shape index (κ1) is 21.2. The minimum atomic E-state index is -0.513. The van der Waals surface area contributed by atoms with Gasteiger partial charge in [0.15, 0.2) is 11.6 Å². The van der Waals surface area contributed by atoms with E-state index >= 15 is 0 Å². The van der Waals surface area contributed by atoms with Crippen LogP contribution >= 0.6 is 0 Å². The summed E-state index contributed by atoms with van der Waals surface area (Å²) in [5, 5.41) is 7.51. The highest BCUT2D eigenvalue weighted by molar-refractivity contribution is 5.79. The molecule has 0 spiro atoms. The van der Waals surface area contributed by atoms with E-state index in [0.717, 1.165) is 16.8 Å². The van der Waals surface area contributed by atoms with E-state index in [1.165, 1.54) is 31.4 Å². The van der Waals surface area contributed by atoms with Crippen LogP contribution in [0.15, 0.2) is 79.0 Å². The summed E-state index contributed by atoms with van der Waals surface area (Å²) in [5.74, 6) is -0.975. The molecule has 3 aromatic carbocycles. The molecule has 0 bridgehead atoms. The Labute approximate surface area is 184 Å². The van der Waals surface area contributed by atoms with Crippen molar-refractivity contribution < 1.29 is 18.3 Å². The summed E-state index contributed by atoms with van der Waals surface area (Å²) in [6.07, 6.45) is 1.86. The van der Waals surface area contributed by atoms with Gasteiger partial charge in [-0.05, 0) is 54.1 Å². The second kappa shape index (κ2) is 9.43. The maximum Gasteiger partial charge on any atom is 0.224 e. The minimum absolute atomic E-state index is 0.0274. The number of methoxy groups -OCH3 is 1. The molecule has 1 heterocycles. The number of hydrogen-bond acceptors (Lipinski definition) is 3. The SMILES string of the molecule is COc1ccc(CC(=O)NCc2cn(-c3ccccc3)nc2-c2ccc(F)cc2)cc1F. The summed E-state index contributed by atoms with van der Waals surface area (Å²) in [5.41, 5.74) is 3.56. The van der Waals surface area contributed by atoms with E-state index in [9.17, 15) is 13.6 Å². The molecule has 0 radical (unpaired) electrons. The molecule has 0 fully saturated rings. The second-order valence-corrected chi connectivity index (χ2v) is 7.21.